The lowest BCUT2D eigenvalue weighted by Gasteiger charge is -2.16. The summed E-state index contributed by atoms with van der Waals surface area (Å²) in [4.78, 5) is 0. The predicted octanol–water partition coefficient (Wildman–Crippen LogP) is 1.97. The van der Waals surface area contributed by atoms with Gasteiger partial charge in [-0.25, -0.2) is 4.39 Å². The van der Waals surface area contributed by atoms with Crippen molar-refractivity contribution < 1.29 is 9.50 Å². The average Bonchev–Trinajstić information content (AvgIpc) is 2.16. The van der Waals surface area contributed by atoms with Gasteiger partial charge in [0.05, 0.1) is 6.61 Å². The van der Waals surface area contributed by atoms with Gasteiger partial charge in [0.2, 0.25) is 0 Å². The van der Waals surface area contributed by atoms with Gasteiger partial charge in [-0.2, -0.15) is 0 Å². The number of rotatable bonds is 3. The van der Waals surface area contributed by atoms with Crippen molar-refractivity contribution in [3.05, 3.63) is 35.1 Å². The van der Waals surface area contributed by atoms with Crippen molar-refractivity contribution in [1.82, 2.24) is 0 Å². The highest BCUT2D eigenvalue weighted by Crippen LogP contribution is 2.21. The largest absolute Gasteiger partial charge is 0.392 e. The van der Waals surface area contributed by atoms with E-state index in [0.29, 0.717) is 5.56 Å². The second-order valence-electron chi connectivity index (χ2n) is 3.78. The van der Waals surface area contributed by atoms with Crippen molar-refractivity contribution in [1.29, 1.82) is 0 Å². The molecule has 1 rings (SSSR count). The highest BCUT2D eigenvalue weighted by atomic mass is 19.1. The second kappa shape index (κ2) is 4.53. The van der Waals surface area contributed by atoms with E-state index in [0.717, 1.165) is 5.56 Å². The normalized spacial score (nSPS) is 13.3. The summed E-state index contributed by atoms with van der Waals surface area (Å²) in [6.45, 7) is 3.70. The zero-order valence-electron chi connectivity index (χ0n) is 8.50. The van der Waals surface area contributed by atoms with E-state index in [1.807, 2.05) is 13.8 Å². The Labute approximate surface area is 83.6 Å². The third kappa shape index (κ3) is 2.30. The van der Waals surface area contributed by atoms with Crippen LogP contribution < -0.4 is 5.73 Å². The van der Waals surface area contributed by atoms with Crippen LogP contribution in [0.1, 0.15) is 31.0 Å². The zero-order chi connectivity index (χ0) is 10.7. The molecule has 1 aromatic rings. The molecule has 0 unspecified atom stereocenters. The van der Waals surface area contributed by atoms with Crippen molar-refractivity contribution in [2.75, 3.05) is 0 Å². The van der Waals surface area contributed by atoms with Crippen LogP contribution in [-0.2, 0) is 6.61 Å². The fourth-order valence-electron chi connectivity index (χ4n) is 1.28. The van der Waals surface area contributed by atoms with Crippen molar-refractivity contribution in [3.8, 4) is 0 Å². The predicted molar refractivity (Wildman–Crippen MR) is 54.1 cm³/mol. The van der Waals surface area contributed by atoms with Gasteiger partial charge in [-0.05, 0) is 17.5 Å². The van der Waals surface area contributed by atoms with Gasteiger partial charge in [0, 0.05) is 11.6 Å². The molecule has 0 aliphatic rings. The molecule has 78 valence electrons. The van der Waals surface area contributed by atoms with E-state index in [1.165, 1.54) is 6.07 Å². The van der Waals surface area contributed by atoms with E-state index < -0.39 is 0 Å². The lowest BCUT2D eigenvalue weighted by molar-refractivity contribution is 0.275. The van der Waals surface area contributed by atoms with E-state index in [9.17, 15) is 4.39 Å². The van der Waals surface area contributed by atoms with Crippen molar-refractivity contribution >= 4 is 0 Å². The Morgan fingerprint density at radius 3 is 2.50 bits per heavy atom. The minimum absolute atomic E-state index is 0.155. The first-order valence-electron chi connectivity index (χ1n) is 4.71. The first kappa shape index (κ1) is 11.1. The zero-order valence-corrected chi connectivity index (χ0v) is 8.50. The number of aliphatic hydroxyl groups is 1. The van der Waals surface area contributed by atoms with Crippen molar-refractivity contribution in [3.63, 3.8) is 0 Å². The number of benzene rings is 1. The fraction of sp³-hybridized carbons (Fsp3) is 0.455. The lowest BCUT2D eigenvalue weighted by atomic mass is 9.96. The molecule has 0 saturated carbocycles. The summed E-state index contributed by atoms with van der Waals surface area (Å²) in [5, 5.41) is 8.79. The summed E-state index contributed by atoms with van der Waals surface area (Å²) in [6, 6.07) is 4.58. The minimum atomic E-state index is -0.388. The molecule has 0 amide bonds. The summed E-state index contributed by atoms with van der Waals surface area (Å²) in [7, 11) is 0. The molecule has 0 aromatic heterocycles. The van der Waals surface area contributed by atoms with E-state index in [4.69, 9.17) is 10.8 Å². The first-order chi connectivity index (χ1) is 6.56. The summed E-state index contributed by atoms with van der Waals surface area (Å²) in [5.74, 6) is -0.115. The molecule has 1 atom stereocenters. The van der Waals surface area contributed by atoms with Crippen LogP contribution in [0.2, 0.25) is 0 Å². The van der Waals surface area contributed by atoms with Crippen molar-refractivity contribution in [2.24, 2.45) is 11.7 Å². The molecule has 0 radical (unpaired) electrons. The third-order valence-electron chi connectivity index (χ3n) is 2.35. The van der Waals surface area contributed by atoms with E-state index >= 15 is 0 Å². The maximum atomic E-state index is 13.3. The molecule has 2 nitrogen and oxygen atoms in total. The summed E-state index contributed by atoms with van der Waals surface area (Å²) < 4.78 is 13.3. The highest BCUT2D eigenvalue weighted by molar-refractivity contribution is 5.26. The average molecular weight is 197 g/mol. The number of nitrogens with two attached hydrogens (primary N) is 1. The Balaban J connectivity index is 2.96. The van der Waals surface area contributed by atoms with Gasteiger partial charge in [-0.3, -0.25) is 0 Å². The maximum Gasteiger partial charge on any atom is 0.129 e. The van der Waals surface area contributed by atoms with Crippen LogP contribution in [0.25, 0.3) is 0 Å². The molecule has 3 heteroatoms. The van der Waals surface area contributed by atoms with Gasteiger partial charge < -0.3 is 10.8 Å². The summed E-state index contributed by atoms with van der Waals surface area (Å²) in [6.07, 6.45) is 0. The van der Waals surface area contributed by atoms with Crippen molar-refractivity contribution in [2.45, 2.75) is 26.5 Å². The van der Waals surface area contributed by atoms with Crippen LogP contribution in [0.5, 0.6) is 0 Å². The van der Waals surface area contributed by atoms with E-state index in [-0.39, 0.29) is 24.4 Å². The van der Waals surface area contributed by atoms with Gasteiger partial charge in [-0.1, -0.05) is 26.0 Å². The Hall–Kier alpha value is -0.930. The molecule has 14 heavy (non-hydrogen) atoms. The molecule has 0 fully saturated rings. The second-order valence-corrected chi connectivity index (χ2v) is 3.78. The number of hydrogen-bond acceptors (Lipinski definition) is 2. The first-order valence-corrected chi connectivity index (χ1v) is 4.71. The number of aliphatic hydroxyl groups excluding tert-OH is 1. The Morgan fingerprint density at radius 2 is 2.07 bits per heavy atom. The third-order valence-corrected chi connectivity index (χ3v) is 2.35. The van der Waals surface area contributed by atoms with Crippen LogP contribution in [0.3, 0.4) is 0 Å². The molecule has 3 N–H and O–H groups in total. The van der Waals surface area contributed by atoms with Crippen LogP contribution in [0, 0.1) is 11.7 Å². The van der Waals surface area contributed by atoms with Gasteiger partial charge in [0.15, 0.2) is 0 Å². The quantitative estimate of drug-likeness (QED) is 0.778. The van der Waals surface area contributed by atoms with Gasteiger partial charge in [-0.15, -0.1) is 0 Å². The molecule has 1 aromatic carbocycles. The lowest BCUT2D eigenvalue weighted by Crippen LogP contribution is -2.17. The molecule has 0 spiro atoms. The van der Waals surface area contributed by atoms with Crippen LogP contribution in [0.4, 0.5) is 4.39 Å². The summed E-state index contributed by atoms with van der Waals surface area (Å²) in [5.41, 5.74) is 6.95. The van der Waals surface area contributed by atoms with Gasteiger partial charge in [0.1, 0.15) is 5.82 Å². The molecule has 0 saturated heterocycles. The fourth-order valence-corrected chi connectivity index (χ4v) is 1.28. The number of halogens is 1. The van der Waals surface area contributed by atoms with E-state index in [1.54, 1.807) is 12.1 Å². The van der Waals surface area contributed by atoms with Crippen LogP contribution >= 0.6 is 0 Å². The highest BCUT2D eigenvalue weighted by Gasteiger charge is 2.12. The standard InChI is InChI=1S/C11H16FNO/c1-7(2)11(13)8-3-4-9(6-14)10(12)5-8/h3-5,7,11,14H,6,13H2,1-2H3/t11-/m0/s1. The SMILES string of the molecule is CC(C)[C@H](N)c1ccc(CO)c(F)c1. The van der Waals surface area contributed by atoms with Crippen LogP contribution in [-0.4, -0.2) is 5.11 Å². The smallest absolute Gasteiger partial charge is 0.129 e. The van der Waals surface area contributed by atoms with Gasteiger partial charge >= 0.3 is 0 Å². The number of hydrogen-bond donors (Lipinski definition) is 2. The minimum Gasteiger partial charge on any atom is -0.392 e. The Bertz CT molecular complexity index is 312. The molecule has 0 bridgehead atoms. The topological polar surface area (TPSA) is 46.2 Å². The monoisotopic (exact) mass is 197 g/mol. The molecular weight excluding hydrogens is 181 g/mol. The maximum absolute atomic E-state index is 13.3. The Morgan fingerprint density at radius 1 is 1.43 bits per heavy atom. The molecular formula is C11H16FNO. The molecule has 0 aliphatic carbocycles. The van der Waals surface area contributed by atoms with E-state index in [2.05, 4.69) is 0 Å². The molecule has 0 aliphatic heterocycles. The molecule has 0 heterocycles. The van der Waals surface area contributed by atoms with Crippen LogP contribution in [0.15, 0.2) is 18.2 Å². The van der Waals surface area contributed by atoms with Gasteiger partial charge in [0.25, 0.3) is 0 Å². The summed E-state index contributed by atoms with van der Waals surface area (Å²) >= 11 is 0. The Kier molecular flexibility index (Phi) is 3.61.